The molecule has 0 aliphatic heterocycles. The van der Waals surface area contributed by atoms with Gasteiger partial charge in [0.25, 0.3) is 0 Å². The number of hydrogen-bond donors (Lipinski definition) is 2. The smallest absolute Gasteiger partial charge is 0.219 e. The fourth-order valence-corrected chi connectivity index (χ4v) is 1.97. The van der Waals surface area contributed by atoms with Crippen molar-refractivity contribution in [3.63, 3.8) is 0 Å². The lowest BCUT2D eigenvalue weighted by Crippen LogP contribution is -2.24. The maximum atomic E-state index is 11.5. The molecule has 0 heterocycles. The lowest BCUT2D eigenvalue weighted by Gasteiger charge is -2.06. The number of nitrogens with one attached hydrogen (secondary N) is 2. The van der Waals surface area contributed by atoms with Crippen LogP contribution >= 0.6 is 0 Å². The number of rotatable bonds is 13. The minimum absolute atomic E-state index is 0.140. The zero-order valence-corrected chi connectivity index (χ0v) is 13.5. The van der Waals surface area contributed by atoms with E-state index in [2.05, 4.69) is 10.6 Å². The van der Waals surface area contributed by atoms with Gasteiger partial charge in [-0.3, -0.25) is 9.59 Å². The highest BCUT2D eigenvalue weighted by molar-refractivity contribution is 5.80. The average Bonchev–Trinajstić information content (AvgIpc) is 2.41. The monoisotopic (exact) mass is 284 g/mol. The van der Waals surface area contributed by atoms with Crippen molar-refractivity contribution < 1.29 is 9.59 Å². The third-order valence-corrected chi connectivity index (χ3v) is 3.40. The number of hydrogen-bond acceptors (Lipinski definition) is 3. The van der Waals surface area contributed by atoms with Gasteiger partial charge in [0, 0.05) is 25.3 Å². The number of amides is 1. The van der Waals surface area contributed by atoms with Crippen LogP contribution in [0.5, 0.6) is 0 Å². The Labute approximate surface area is 124 Å². The minimum atomic E-state index is 0.140. The molecule has 0 radical (unpaired) electrons. The first-order chi connectivity index (χ1) is 9.57. The van der Waals surface area contributed by atoms with Gasteiger partial charge in [0.15, 0.2) is 0 Å². The molecule has 0 aliphatic carbocycles. The zero-order valence-electron chi connectivity index (χ0n) is 13.5. The van der Waals surface area contributed by atoms with E-state index in [4.69, 9.17) is 0 Å². The normalized spacial score (nSPS) is 10.8. The van der Waals surface area contributed by atoms with Crippen molar-refractivity contribution in [2.75, 3.05) is 20.1 Å². The summed E-state index contributed by atoms with van der Waals surface area (Å²) < 4.78 is 0. The summed E-state index contributed by atoms with van der Waals surface area (Å²) in [6, 6.07) is 0. The summed E-state index contributed by atoms with van der Waals surface area (Å²) in [7, 11) is 1.95. The van der Waals surface area contributed by atoms with Gasteiger partial charge in [0.1, 0.15) is 5.78 Å². The van der Waals surface area contributed by atoms with Crippen molar-refractivity contribution in [3.8, 4) is 0 Å². The standard InChI is InChI=1S/C16H32N2O2/c1-14(2)15(19)10-6-4-7-11-16(20)18-13-9-5-8-12-17-3/h14,17H,4-13H2,1-3H3,(H,18,20). The molecule has 0 atom stereocenters. The summed E-state index contributed by atoms with van der Waals surface area (Å²) in [5.41, 5.74) is 0. The first-order valence-electron chi connectivity index (χ1n) is 8.02. The maximum absolute atomic E-state index is 11.5. The summed E-state index contributed by atoms with van der Waals surface area (Å²) in [5, 5.41) is 6.06. The second-order valence-corrected chi connectivity index (χ2v) is 5.70. The van der Waals surface area contributed by atoms with E-state index in [0.29, 0.717) is 18.6 Å². The molecular formula is C16H32N2O2. The van der Waals surface area contributed by atoms with Gasteiger partial charge in [-0.2, -0.15) is 0 Å². The fourth-order valence-electron chi connectivity index (χ4n) is 1.97. The molecular weight excluding hydrogens is 252 g/mol. The molecule has 0 fully saturated rings. The molecule has 2 N–H and O–H groups in total. The highest BCUT2D eigenvalue weighted by Crippen LogP contribution is 2.07. The van der Waals surface area contributed by atoms with Crippen LogP contribution in [-0.2, 0) is 9.59 Å². The van der Waals surface area contributed by atoms with Gasteiger partial charge in [0.05, 0.1) is 0 Å². The predicted octanol–water partition coefficient (Wildman–Crippen LogP) is 2.67. The summed E-state index contributed by atoms with van der Waals surface area (Å²) >= 11 is 0. The topological polar surface area (TPSA) is 58.2 Å². The first kappa shape index (κ1) is 19.1. The van der Waals surface area contributed by atoms with Crippen LogP contribution in [0.25, 0.3) is 0 Å². The summed E-state index contributed by atoms with van der Waals surface area (Å²) in [6.45, 7) is 5.70. The second-order valence-electron chi connectivity index (χ2n) is 5.70. The third kappa shape index (κ3) is 12.2. The van der Waals surface area contributed by atoms with Crippen LogP contribution in [0.4, 0.5) is 0 Å². The molecule has 0 saturated heterocycles. The van der Waals surface area contributed by atoms with Crippen LogP contribution in [0.15, 0.2) is 0 Å². The molecule has 0 aliphatic rings. The van der Waals surface area contributed by atoms with Crippen molar-refractivity contribution in [1.82, 2.24) is 10.6 Å². The van der Waals surface area contributed by atoms with Crippen molar-refractivity contribution in [2.45, 2.75) is 65.2 Å². The Morgan fingerprint density at radius 2 is 1.45 bits per heavy atom. The molecule has 0 rings (SSSR count). The lowest BCUT2D eigenvalue weighted by atomic mass is 10.0. The minimum Gasteiger partial charge on any atom is -0.356 e. The van der Waals surface area contributed by atoms with Crippen LogP contribution in [0.2, 0.25) is 0 Å². The van der Waals surface area contributed by atoms with Gasteiger partial charge in [-0.05, 0) is 39.3 Å². The van der Waals surface area contributed by atoms with E-state index in [9.17, 15) is 9.59 Å². The number of Topliss-reactive ketones (excluding diaryl/α,β-unsaturated/α-hetero) is 1. The second kappa shape index (κ2) is 13.1. The van der Waals surface area contributed by atoms with Gasteiger partial charge in [0.2, 0.25) is 5.91 Å². The summed E-state index contributed by atoms with van der Waals surface area (Å²) in [4.78, 5) is 23.0. The number of carbonyl (C=O) groups is 2. The molecule has 0 unspecified atom stereocenters. The first-order valence-corrected chi connectivity index (χ1v) is 8.02. The lowest BCUT2D eigenvalue weighted by molar-refractivity contribution is -0.122. The molecule has 0 aromatic heterocycles. The van der Waals surface area contributed by atoms with E-state index in [1.54, 1.807) is 0 Å². The Kier molecular flexibility index (Phi) is 12.5. The number of carbonyl (C=O) groups excluding carboxylic acids is 2. The van der Waals surface area contributed by atoms with Crippen LogP contribution in [0.3, 0.4) is 0 Å². The number of unbranched alkanes of at least 4 members (excludes halogenated alkanes) is 4. The molecule has 20 heavy (non-hydrogen) atoms. The van der Waals surface area contributed by atoms with E-state index in [1.807, 2.05) is 20.9 Å². The number of ketones is 1. The Bertz CT molecular complexity index is 265. The van der Waals surface area contributed by atoms with E-state index in [0.717, 1.165) is 51.6 Å². The SMILES string of the molecule is CNCCCCCNC(=O)CCCCCC(=O)C(C)C. The summed E-state index contributed by atoms with van der Waals surface area (Å²) in [6.07, 6.45) is 7.38. The van der Waals surface area contributed by atoms with Crippen molar-refractivity contribution in [2.24, 2.45) is 5.92 Å². The molecule has 0 bridgehead atoms. The third-order valence-electron chi connectivity index (χ3n) is 3.40. The maximum Gasteiger partial charge on any atom is 0.219 e. The largest absolute Gasteiger partial charge is 0.356 e. The fraction of sp³-hybridized carbons (Fsp3) is 0.875. The van der Waals surface area contributed by atoms with Crippen molar-refractivity contribution >= 4 is 11.7 Å². The molecule has 0 saturated carbocycles. The quantitative estimate of drug-likeness (QED) is 0.511. The molecule has 0 spiro atoms. The van der Waals surface area contributed by atoms with Crippen LogP contribution in [0, 0.1) is 5.92 Å². The van der Waals surface area contributed by atoms with E-state index in [-0.39, 0.29) is 11.8 Å². The molecule has 4 heteroatoms. The molecule has 118 valence electrons. The molecule has 4 nitrogen and oxygen atoms in total. The van der Waals surface area contributed by atoms with Crippen LogP contribution in [0.1, 0.15) is 65.2 Å². The molecule has 0 aromatic carbocycles. The Balaban J connectivity index is 3.30. The van der Waals surface area contributed by atoms with Crippen molar-refractivity contribution in [3.05, 3.63) is 0 Å². The van der Waals surface area contributed by atoms with Gasteiger partial charge >= 0.3 is 0 Å². The van der Waals surface area contributed by atoms with Gasteiger partial charge < -0.3 is 10.6 Å². The summed E-state index contributed by atoms with van der Waals surface area (Å²) in [5.74, 6) is 0.617. The van der Waals surface area contributed by atoms with E-state index < -0.39 is 0 Å². The highest BCUT2D eigenvalue weighted by Gasteiger charge is 2.06. The average molecular weight is 284 g/mol. The van der Waals surface area contributed by atoms with Gasteiger partial charge in [-0.15, -0.1) is 0 Å². The van der Waals surface area contributed by atoms with E-state index in [1.165, 1.54) is 0 Å². The van der Waals surface area contributed by atoms with Gasteiger partial charge in [-0.1, -0.05) is 26.7 Å². The van der Waals surface area contributed by atoms with Crippen LogP contribution in [-0.4, -0.2) is 31.8 Å². The highest BCUT2D eigenvalue weighted by atomic mass is 16.1. The van der Waals surface area contributed by atoms with Crippen LogP contribution < -0.4 is 10.6 Å². The Morgan fingerprint density at radius 1 is 0.850 bits per heavy atom. The zero-order chi connectivity index (χ0) is 15.2. The Morgan fingerprint density at radius 3 is 2.10 bits per heavy atom. The van der Waals surface area contributed by atoms with Crippen molar-refractivity contribution in [1.29, 1.82) is 0 Å². The van der Waals surface area contributed by atoms with E-state index >= 15 is 0 Å². The molecule has 1 amide bonds. The molecule has 0 aromatic rings. The predicted molar refractivity (Wildman–Crippen MR) is 83.7 cm³/mol. The Hall–Kier alpha value is -0.900. The van der Waals surface area contributed by atoms with Gasteiger partial charge in [-0.25, -0.2) is 0 Å².